The van der Waals surface area contributed by atoms with E-state index in [1.54, 1.807) is 7.11 Å². The summed E-state index contributed by atoms with van der Waals surface area (Å²) >= 11 is 0. The number of aromatic nitrogens is 2. The summed E-state index contributed by atoms with van der Waals surface area (Å²) in [5, 5.41) is 6.74. The minimum atomic E-state index is 0.386. The average Bonchev–Trinajstić information content (AvgIpc) is 2.87. The first-order valence-electron chi connectivity index (χ1n) is 7.09. The number of anilines is 2. The highest BCUT2D eigenvalue weighted by Gasteiger charge is 2.24. The maximum Gasteiger partial charge on any atom is 0.224 e. The van der Waals surface area contributed by atoms with E-state index in [2.05, 4.69) is 27.5 Å². The zero-order valence-electron chi connectivity index (χ0n) is 12.1. The molecule has 0 spiro atoms. The molecule has 0 radical (unpaired) electrons. The van der Waals surface area contributed by atoms with Crippen molar-refractivity contribution in [1.82, 2.24) is 9.97 Å². The molecule has 2 N–H and O–H groups in total. The molecule has 1 saturated carbocycles. The van der Waals surface area contributed by atoms with E-state index in [0.29, 0.717) is 18.1 Å². The van der Waals surface area contributed by atoms with Gasteiger partial charge in [0.25, 0.3) is 0 Å². The summed E-state index contributed by atoms with van der Waals surface area (Å²) in [6.45, 7) is 5.07. The summed E-state index contributed by atoms with van der Waals surface area (Å²) in [6, 6.07) is 0.456. The second-order valence-corrected chi connectivity index (χ2v) is 5.16. The largest absolute Gasteiger partial charge is 0.381 e. The Kier molecular flexibility index (Phi) is 4.96. The van der Waals surface area contributed by atoms with Gasteiger partial charge < -0.3 is 15.4 Å². The minimum absolute atomic E-state index is 0.386. The lowest BCUT2D eigenvalue weighted by molar-refractivity contribution is 0.108. The van der Waals surface area contributed by atoms with Gasteiger partial charge in [0.15, 0.2) is 0 Å². The van der Waals surface area contributed by atoms with E-state index >= 15 is 0 Å². The van der Waals surface area contributed by atoms with E-state index < -0.39 is 0 Å². The van der Waals surface area contributed by atoms with Gasteiger partial charge in [-0.1, -0.05) is 6.92 Å². The molecule has 1 aliphatic carbocycles. The molecule has 1 fully saturated rings. The van der Waals surface area contributed by atoms with Gasteiger partial charge in [-0.15, -0.1) is 0 Å². The van der Waals surface area contributed by atoms with Gasteiger partial charge in [-0.05, 0) is 32.6 Å². The van der Waals surface area contributed by atoms with Crippen LogP contribution >= 0.6 is 0 Å². The van der Waals surface area contributed by atoms with Crippen molar-refractivity contribution in [2.45, 2.75) is 51.7 Å². The Balaban J connectivity index is 1.98. The number of rotatable bonds is 6. The zero-order chi connectivity index (χ0) is 13.7. The van der Waals surface area contributed by atoms with E-state index in [0.717, 1.165) is 43.6 Å². The van der Waals surface area contributed by atoms with Crippen LogP contribution in [0.2, 0.25) is 0 Å². The molecule has 106 valence electrons. The van der Waals surface area contributed by atoms with Crippen molar-refractivity contribution in [2.24, 2.45) is 0 Å². The molecule has 0 amide bonds. The molecular weight excluding hydrogens is 240 g/mol. The summed E-state index contributed by atoms with van der Waals surface area (Å²) in [5.74, 6) is 1.64. The van der Waals surface area contributed by atoms with Crippen molar-refractivity contribution >= 4 is 11.8 Å². The van der Waals surface area contributed by atoms with Crippen molar-refractivity contribution < 1.29 is 4.74 Å². The normalized spacial score (nSPS) is 22.5. The monoisotopic (exact) mass is 264 g/mol. The topological polar surface area (TPSA) is 59.1 Å². The Morgan fingerprint density at radius 1 is 1.42 bits per heavy atom. The lowest BCUT2D eigenvalue weighted by atomic mass is 10.2. The highest BCUT2D eigenvalue weighted by molar-refractivity contribution is 5.47. The van der Waals surface area contributed by atoms with E-state index in [-0.39, 0.29) is 0 Å². The van der Waals surface area contributed by atoms with Gasteiger partial charge in [0, 0.05) is 31.5 Å². The molecular formula is C14H24N4O. The van der Waals surface area contributed by atoms with E-state index in [1.807, 2.05) is 13.1 Å². The highest BCUT2D eigenvalue weighted by Crippen LogP contribution is 2.25. The predicted octanol–water partition coefficient (Wildman–Crippen LogP) is 2.59. The summed E-state index contributed by atoms with van der Waals surface area (Å²) in [5.41, 5.74) is 1.09. The number of methoxy groups -OCH3 is 1. The molecule has 2 unspecified atom stereocenters. The third kappa shape index (κ3) is 3.80. The number of hydrogen-bond donors (Lipinski definition) is 2. The summed E-state index contributed by atoms with van der Waals surface area (Å²) < 4.78 is 5.40. The Bertz CT molecular complexity index is 410. The van der Waals surface area contributed by atoms with Gasteiger partial charge >= 0.3 is 0 Å². The van der Waals surface area contributed by atoms with Crippen molar-refractivity contribution in [3.05, 3.63) is 11.8 Å². The van der Waals surface area contributed by atoms with Crippen LogP contribution in [0.15, 0.2) is 6.20 Å². The van der Waals surface area contributed by atoms with Gasteiger partial charge in [0.05, 0.1) is 6.10 Å². The van der Waals surface area contributed by atoms with E-state index in [1.165, 1.54) is 0 Å². The van der Waals surface area contributed by atoms with Crippen molar-refractivity contribution in [3.8, 4) is 0 Å². The Hall–Kier alpha value is -1.36. The number of aryl methyl sites for hydroxylation is 1. The molecule has 1 aromatic rings. The van der Waals surface area contributed by atoms with Crippen LogP contribution in [0.5, 0.6) is 0 Å². The van der Waals surface area contributed by atoms with Crippen LogP contribution < -0.4 is 10.6 Å². The fourth-order valence-corrected chi connectivity index (χ4v) is 2.39. The van der Waals surface area contributed by atoms with Gasteiger partial charge in [-0.3, -0.25) is 0 Å². The molecule has 19 heavy (non-hydrogen) atoms. The summed E-state index contributed by atoms with van der Waals surface area (Å²) in [4.78, 5) is 8.85. The minimum Gasteiger partial charge on any atom is -0.381 e. The van der Waals surface area contributed by atoms with Crippen LogP contribution in [0, 0.1) is 6.92 Å². The number of hydrogen-bond acceptors (Lipinski definition) is 5. The molecule has 0 aromatic carbocycles. The lowest BCUT2D eigenvalue weighted by Gasteiger charge is -2.16. The Morgan fingerprint density at radius 3 is 2.95 bits per heavy atom. The van der Waals surface area contributed by atoms with Crippen LogP contribution in [0.3, 0.4) is 0 Å². The van der Waals surface area contributed by atoms with Gasteiger partial charge in [0.2, 0.25) is 5.95 Å². The second kappa shape index (κ2) is 6.70. The zero-order valence-corrected chi connectivity index (χ0v) is 12.1. The molecule has 1 aromatic heterocycles. The fourth-order valence-electron chi connectivity index (χ4n) is 2.39. The first-order valence-corrected chi connectivity index (χ1v) is 7.09. The molecule has 0 saturated heterocycles. The molecule has 2 rings (SSSR count). The predicted molar refractivity (Wildman–Crippen MR) is 77.6 cm³/mol. The van der Waals surface area contributed by atoms with E-state index in [4.69, 9.17) is 4.74 Å². The second-order valence-electron chi connectivity index (χ2n) is 5.16. The molecule has 1 heterocycles. The van der Waals surface area contributed by atoms with Crippen LogP contribution in [0.25, 0.3) is 0 Å². The SMILES string of the molecule is CCCNc1ncc(C)c(NC2CCC(OC)C2)n1. The van der Waals surface area contributed by atoms with Crippen molar-refractivity contribution in [3.63, 3.8) is 0 Å². The third-order valence-corrected chi connectivity index (χ3v) is 3.56. The lowest BCUT2D eigenvalue weighted by Crippen LogP contribution is -2.19. The maximum atomic E-state index is 5.40. The van der Waals surface area contributed by atoms with Gasteiger partial charge in [-0.2, -0.15) is 4.98 Å². The quantitative estimate of drug-likeness (QED) is 0.827. The summed E-state index contributed by atoms with van der Waals surface area (Å²) in [7, 11) is 1.79. The molecule has 5 nitrogen and oxygen atoms in total. The van der Waals surface area contributed by atoms with Crippen LogP contribution in [0.4, 0.5) is 11.8 Å². The Labute approximate surface area is 115 Å². The standard InChI is InChI=1S/C14H24N4O/c1-4-7-15-14-16-9-10(2)13(18-14)17-11-5-6-12(8-11)19-3/h9,11-12H,4-8H2,1-3H3,(H2,15,16,17,18). The average molecular weight is 264 g/mol. The molecule has 1 aliphatic rings. The van der Waals surface area contributed by atoms with Crippen molar-refractivity contribution in [2.75, 3.05) is 24.3 Å². The van der Waals surface area contributed by atoms with Crippen molar-refractivity contribution in [1.29, 1.82) is 0 Å². The Morgan fingerprint density at radius 2 is 2.26 bits per heavy atom. The molecule has 0 aliphatic heterocycles. The first kappa shape index (κ1) is 14.1. The number of ether oxygens (including phenoxy) is 1. The van der Waals surface area contributed by atoms with Gasteiger partial charge in [0.1, 0.15) is 5.82 Å². The van der Waals surface area contributed by atoms with E-state index in [9.17, 15) is 0 Å². The number of nitrogens with one attached hydrogen (secondary N) is 2. The summed E-state index contributed by atoms with van der Waals surface area (Å²) in [6.07, 6.45) is 6.64. The maximum absolute atomic E-state index is 5.40. The highest BCUT2D eigenvalue weighted by atomic mass is 16.5. The fraction of sp³-hybridized carbons (Fsp3) is 0.714. The smallest absolute Gasteiger partial charge is 0.224 e. The molecule has 0 bridgehead atoms. The van der Waals surface area contributed by atoms with Gasteiger partial charge in [-0.25, -0.2) is 4.98 Å². The van der Waals surface area contributed by atoms with Crippen LogP contribution in [-0.4, -0.2) is 35.8 Å². The molecule has 5 heteroatoms. The van der Waals surface area contributed by atoms with Crippen LogP contribution in [0.1, 0.15) is 38.2 Å². The van der Waals surface area contributed by atoms with Crippen LogP contribution in [-0.2, 0) is 4.74 Å². The number of nitrogens with zero attached hydrogens (tertiary/aromatic N) is 2. The third-order valence-electron chi connectivity index (χ3n) is 3.56. The molecule has 2 atom stereocenters. The first-order chi connectivity index (χ1) is 9.22.